The van der Waals surface area contributed by atoms with Crippen LogP contribution < -0.4 is 9.80 Å². The number of rotatable bonds is 2. The van der Waals surface area contributed by atoms with Crippen molar-refractivity contribution >= 4 is 23.4 Å². The number of aromatic nitrogens is 2. The number of benzene rings is 1. The zero-order valence-corrected chi connectivity index (χ0v) is 16.0. The SMILES string of the molecule is CC(=O)N1c2ccc(-c3cnn(C4CCOCC4)c3)cc2N(C(=O)O)C[C@@H]1C. The van der Waals surface area contributed by atoms with E-state index in [1.165, 1.54) is 11.8 Å². The second-order valence-corrected chi connectivity index (χ2v) is 7.39. The molecule has 2 aliphatic heterocycles. The predicted molar refractivity (Wildman–Crippen MR) is 105 cm³/mol. The molecule has 0 bridgehead atoms. The molecule has 1 fully saturated rings. The van der Waals surface area contributed by atoms with Gasteiger partial charge in [-0.1, -0.05) is 6.07 Å². The number of hydrogen-bond donors (Lipinski definition) is 1. The molecule has 1 saturated heterocycles. The molecule has 1 aromatic heterocycles. The highest BCUT2D eigenvalue weighted by Gasteiger charge is 2.33. The van der Waals surface area contributed by atoms with Crippen molar-refractivity contribution < 1.29 is 19.4 Å². The Kier molecular flexibility index (Phi) is 4.80. The van der Waals surface area contributed by atoms with Crippen LogP contribution in [0.15, 0.2) is 30.6 Å². The highest BCUT2D eigenvalue weighted by atomic mass is 16.5. The maximum Gasteiger partial charge on any atom is 0.411 e. The molecule has 0 unspecified atom stereocenters. The second kappa shape index (κ2) is 7.27. The van der Waals surface area contributed by atoms with Gasteiger partial charge in [-0.2, -0.15) is 5.10 Å². The first-order chi connectivity index (χ1) is 13.5. The van der Waals surface area contributed by atoms with E-state index in [1.54, 1.807) is 11.1 Å². The van der Waals surface area contributed by atoms with E-state index >= 15 is 0 Å². The van der Waals surface area contributed by atoms with Gasteiger partial charge in [0.2, 0.25) is 5.91 Å². The van der Waals surface area contributed by atoms with E-state index in [1.807, 2.05) is 36.0 Å². The van der Waals surface area contributed by atoms with E-state index in [-0.39, 0.29) is 18.5 Å². The molecule has 0 aliphatic carbocycles. The van der Waals surface area contributed by atoms with Crippen molar-refractivity contribution in [3.63, 3.8) is 0 Å². The number of ether oxygens (including phenoxy) is 1. The van der Waals surface area contributed by atoms with Gasteiger partial charge >= 0.3 is 6.09 Å². The van der Waals surface area contributed by atoms with E-state index in [0.717, 1.165) is 37.2 Å². The van der Waals surface area contributed by atoms with Gasteiger partial charge in [-0.15, -0.1) is 0 Å². The number of carbonyl (C=O) groups excluding carboxylic acids is 1. The summed E-state index contributed by atoms with van der Waals surface area (Å²) in [5.41, 5.74) is 2.94. The third-order valence-electron chi connectivity index (χ3n) is 5.48. The highest BCUT2D eigenvalue weighted by Crippen LogP contribution is 2.39. The van der Waals surface area contributed by atoms with E-state index in [0.29, 0.717) is 17.4 Å². The number of fused-ring (bicyclic) bond motifs is 1. The fraction of sp³-hybridized carbons (Fsp3) is 0.450. The Hall–Kier alpha value is -2.87. The summed E-state index contributed by atoms with van der Waals surface area (Å²) >= 11 is 0. The lowest BCUT2D eigenvalue weighted by Crippen LogP contribution is -2.51. The molecule has 28 heavy (non-hydrogen) atoms. The fourth-order valence-electron chi connectivity index (χ4n) is 4.10. The van der Waals surface area contributed by atoms with Crippen LogP contribution in [0.4, 0.5) is 16.2 Å². The van der Waals surface area contributed by atoms with E-state index < -0.39 is 6.09 Å². The van der Waals surface area contributed by atoms with Gasteiger partial charge in [-0.3, -0.25) is 14.4 Å². The summed E-state index contributed by atoms with van der Waals surface area (Å²) < 4.78 is 7.38. The molecule has 8 heteroatoms. The first-order valence-corrected chi connectivity index (χ1v) is 9.52. The van der Waals surface area contributed by atoms with Gasteiger partial charge in [0.15, 0.2) is 0 Å². The molecular weight excluding hydrogens is 360 g/mol. The Labute approximate surface area is 163 Å². The second-order valence-electron chi connectivity index (χ2n) is 7.39. The summed E-state index contributed by atoms with van der Waals surface area (Å²) in [4.78, 5) is 26.9. The molecule has 0 radical (unpaired) electrons. The van der Waals surface area contributed by atoms with Crippen LogP contribution in [0.3, 0.4) is 0 Å². The third kappa shape index (κ3) is 3.24. The molecule has 1 N–H and O–H groups in total. The van der Waals surface area contributed by atoms with Crippen LogP contribution in [0.1, 0.15) is 32.7 Å². The minimum absolute atomic E-state index is 0.0983. The van der Waals surface area contributed by atoms with Gasteiger partial charge in [0, 0.05) is 38.4 Å². The van der Waals surface area contributed by atoms with Crippen LogP contribution in [-0.4, -0.2) is 52.7 Å². The number of hydrogen-bond acceptors (Lipinski definition) is 4. The van der Waals surface area contributed by atoms with Crippen molar-refractivity contribution in [3.05, 3.63) is 30.6 Å². The van der Waals surface area contributed by atoms with Gasteiger partial charge in [0.1, 0.15) is 0 Å². The molecule has 2 aromatic rings. The molecule has 2 amide bonds. The van der Waals surface area contributed by atoms with Crippen molar-refractivity contribution in [2.24, 2.45) is 0 Å². The average Bonchev–Trinajstić information content (AvgIpc) is 3.17. The monoisotopic (exact) mass is 384 g/mol. The first-order valence-electron chi connectivity index (χ1n) is 9.52. The standard InChI is InChI=1S/C20H24N4O4/c1-13-11-22(20(26)27)19-9-15(3-4-18(19)24(13)14(2)25)16-10-21-23(12-16)17-5-7-28-8-6-17/h3-4,9-10,12-13,17H,5-8,11H2,1-2H3,(H,26,27)/t13-/m0/s1. The van der Waals surface area contributed by atoms with Crippen LogP contribution in [0.5, 0.6) is 0 Å². The summed E-state index contributed by atoms with van der Waals surface area (Å²) in [5.74, 6) is -0.0983. The summed E-state index contributed by atoms with van der Waals surface area (Å²) in [6.07, 6.45) is 4.65. The van der Waals surface area contributed by atoms with Gasteiger partial charge in [0.25, 0.3) is 0 Å². The zero-order chi connectivity index (χ0) is 19.8. The maximum atomic E-state index is 12.1. The smallest absolute Gasteiger partial charge is 0.411 e. The Balaban J connectivity index is 1.71. The molecule has 1 atom stereocenters. The van der Waals surface area contributed by atoms with Crippen LogP contribution >= 0.6 is 0 Å². The lowest BCUT2D eigenvalue weighted by atomic mass is 10.0. The molecule has 2 aliphatic rings. The third-order valence-corrected chi connectivity index (χ3v) is 5.48. The van der Waals surface area contributed by atoms with Crippen molar-refractivity contribution in [3.8, 4) is 11.1 Å². The van der Waals surface area contributed by atoms with Crippen molar-refractivity contribution in [1.82, 2.24) is 9.78 Å². The topological polar surface area (TPSA) is 87.9 Å². The van der Waals surface area contributed by atoms with E-state index in [2.05, 4.69) is 5.10 Å². The maximum absolute atomic E-state index is 12.1. The fourth-order valence-corrected chi connectivity index (χ4v) is 4.10. The number of carboxylic acid groups (broad SMARTS) is 1. The van der Waals surface area contributed by atoms with E-state index in [4.69, 9.17) is 4.74 Å². The summed E-state index contributed by atoms with van der Waals surface area (Å²) in [6, 6.07) is 5.67. The first kappa shape index (κ1) is 18.5. The minimum atomic E-state index is -1.02. The Bertz CT molecular complexity index is 903. The molecule has 1 aromatic carbocycles. The number of carbonyl (C=O) groups is 2. The quantitative estimate of drug-likeness (QED) is 0.859. The predicted octanol–water partition coefficient (Wildman–Crippen LogP) is 3.14. The van der Waals surface area contributed by atoms with Crippen LogP contribution in [0, 0.1) is 0 Å². The molecule has 3 heterocycles. The zero-order valence-electron chi connectivity index (χ0n) is 16.0. The van der Waals surface area contributed by atoms with Crippen molar-refractivity contribution in [2.75, 3.05) is 29.6 Å². The molecule has 4 rings (SSSR count). The van der Waals surface area contributed by atoms with Crippen LogP contribution in [-0.2, 0) is 9.53 Å². The Morgan fingerprint density at radius 1 is 1.18 bits per heavy atom. The normalized spacial score (nSPS) is 20.1. The molecular formula is C20H24N4O4. The van der Waals surface area contributed by atoms with E-state index in [9.17, 15) is 14.7 Å². The largest absolute Gasteiger partial charge is 0.465 e. The molecule has 8 nitrogen and oxygen atoms in total. The number of anilines is 2. The van der Waals surface area contributed by atoms with Crippen molar-refractivity contribution in [1.29, 1.82) is 0 Å². The number of nitrogens with zero attached hydrogens (tertiary/aromatic N) is 4. The van der Waals surface area contributed by atoms with Crippen molar-refractivity contribution in [2.45, 2.75) is 38.8 Å². The Morgan fingerprint density at radius 3 is 2.61 bits per heavy atom. The lowest BCUT2D eigenvalue weighted by molar-refractivity contribution is -0.117. The van der Waals surface area contributed by atoms with Gasteiger partial charge in [-0.05, 0) is 37.5 Å². The average molecular weight is 384 g/mol. The van der Waals surface area contributed by atoms with Crippen LogP contribution in [0.2, 0.25) is 0 Å². The van der Waals surface area contributed by atoms with Gasteiger partial charge in [0.05, 0.1) is 29.7 Å². The van der Waals surface area contributed by atoms with Gasteiger partial charge in [-0.25, -0.2) is 4.79 Å². The Morgan fingerprint density at radius 2 is 1.93 bits per heavy atom. The van der Waals surface area contributed by atoms with Gasteiger partial charge < -0.3 is 14.7 Å². The number of amides is 2. The molecule has 148 valence electrons. The minimum Gasteiger partial charge on any atom is -0.465 e. The summed E-state index contributed by atoms with van der Waals surface area (Å²) in [7, 11) is 0. The molecule has 0 spiro atoms. The summed E-state index contributed by atoms with van der Waals surface area (Å²) in [5, 5.41) is 14.2. The molecule has 0 saturated carbocycles. The lowest BCUT2D eigenvalue weighted by Gasteiger charge is -2.39. The highest BCUT2D eigenvalue weighted by molar-refractivity contribution is 6.02. The summed E-state index contributed by atoms with van der Waals surface area (Å²) in [6.45, 7) is 5.08. The van der Waals surface area contributed by atoms with Crippen LogP contribution in [0.25, 0.3) is 11.1 Å².